The number of methoxy groups -OCH3 is 1. The van der Waals surface area contributed by atoms with Crippen LogP contribution in [0.25, 0.3) is 0 Å². The normalized spacial score (nSPS) is 25.0. The SMILES string of the molecule is COC(=O)O[C@H]1CC/C(=N\Nc2ccc([N+](=O)[O-])cc2[N+](=O)[O-])[C@H]2CCCC[C@H]12. The molecule has 0 heterocycles. The average Bonchev–Trinajstić information content (AvgIpc) is 2.72. The third-order valence-electron chi connectivity index (χ3n) is 5.53. The van der Waals surface area contributed by atoms with Gasteiger partial charge in [0, 0.05) is 23.6 Å². The van der Waals surface area contributed by atoms with Crippen LogP contribution >= 0.6 is 0 Å². The molecule has 0 aromatic heterocycles. The number of nitrogens with zero attached hydrogens (tertiary/aromatic N) is 3. The third-order valence-corrected chi connectivity index (χ3v) is 5.53. The molecule has 2 saturated carbocycles. The van der Waals surface area contributed by atoms with Gasteiger partial charge in [0.2, 0.25) is 0 Å². The maximum atomic E-state index is 11.5. The molecule has 1 aromatic rings. The van der Waals surface area contributed by atoms with Crippen molar-refractivity contribution in [2.24, 2.45) is 16.9 Å². The first-order valence-electron chi connectivity index (χ1n) is 9.40. The molecule has 3 rings (SSSR count). The van der Waals surface area contributed by atoms with E-state index >= 15 is 0 Å². The second kappa shape index (κ2) is 8.84. The zero-order valence-electron chi connectivity index (χ0n) is 15.9. The molecule has 29 heavy (non-hydrogen) atoms. The Kier molecular flexibility index (Phi) is 6.25. The minimum absolute atomic E-state index is 0.0911. The zero-order valence-corrected chi connectivity index (χ0v) is 15.9. The molecule has 1 N–H and O–H groups in total. The molecule has 2 aliphatic carbocycles. The lowest BCUT2D eigenvalue weighted by atomic mass is 9.68. The molecule has 0 saturated heterocycles. The van der Waals surface area contributed by atoms with E-state index in [4.69, 9.17) is 4.74 Å². The standard InChI is InChI=1S/C18H22N4O7/c1-28-18(23)29-17-9-8-14(12-4-2-3-5-13(12)17)19-20-15-7-6-11(21(24)25)10-16(15)22(26)27/h6-7,10,12-13,17,20H,2-5,8-9H2,1H3/b19-14+/t12-,13-,17-/m0/s1. The van der Waals surface area contributed by atoms with E-state index in [-0.39, 0.29) is 29.3 Å². The van der Waals surface area contributed by atoms with Crippen molar-refractivity contribution in [2.45, 2.75) is 44.6 Å². The van der Waals surface area contributed by atoms with Crippen LogP contribution in [-0.4, -0.2) is 34.9 Å². The van der Waals surface area contributed by atoms with Crippen molar-refractivity contribution in [1.82, 2.24) is 0 Å². The number of ether oxygens (including phenoxy) is 2. The predicted molar refractivity (Wildman–Crippen MR) is 103 cm³/mol. The molecule has 1 aromatic carbocycles. The Morgan fingerprint density at radius 2 is 1.93 bits per heavy atom. The fraction of sp³-hybridized carbons (Fsp3) is 0.556. The second-order valence-electron chi connectivity index (χ2n) is 7.13. The smallest absolute Gasteiger partial charge is 0.438 e. The number of hydrazone groups is 1. The fourth-order valence-electron chi connectivity index (χ4n) is 4.18. The summed E-state index contributed by atoms with van der Waals surface area (Å²) in [5.41, 5.74) is 2.91. The van der Waals surface area contributed by atoms with Crippen molar-refractivity contribution in [2.75, 3.05) is 12.5 Å². The maximum Gasteiger partial charge on any atom is 0.508 e. The van der Waals surface area contributed by atoms with E-state index in [1.54, 1.807) is 0 Å². The van der Waals surface area contributed by atoms with Crippen LogP contribution < -0.4 is 5.43 Å². The molecule has 11 heteroatoms. The highest BCUT2D eigenvalue weighted by atomic mass is 16.7. The molecule has 2 fully saturated rings. The Morgan fingerprint density at radius 1 is 1.17 bits per heavy atom. The van der Waals surface area contributed by atoms with E-state index in [1.807, 2.05) is 0 Å². The quantitative estimate of drug-likeness (QED) is 0.438. The van der Waals surface area contributed by atoms with Crippen molar-refractivity contribution >= 4 is 28.9 Å². The summed E-state index contributed by atoms with van der Waals surface area (Å²) in [6.07, 6.45) is 4.12. The van der Waals surface area contributed by atoms with Gasteiger partial charge in [0.15, 0.2) is 0 Å². The predicted octanol–water partition coefficient (Wildman–Crippen LogP) is 4.02. The zero-order chi connectivity index (χ0) is 21.0. The van der Waals surface area contributed by atoms with E-state index in [0.717, 1.165) is 37.5 Å². The van der Waals surface area contributed by atoms with E-state index in [0.29, 0.717) is 12.8 Å². The second-order valence-corrected chi connectivity index (χ2v) is 7.13. The van der Waals surface area contributed by atoms with Gasteiger partial charge in [0.05, 0.1) is 23.0 Å². The summed E-state index contributed by atoms with van der Waals surface area (Å²) in [7, 11) is 1.28. The summed E-state index contributed by atoms with van der Waals surface area (Å²) in [5, 5.41) is 26.6. The Labute approximate surface area is 166 Å². The number of non-ortho nitro benzene ring substituents is 1. The number of nitrogens with one attached hydrogen (secondary N) is 1. The number of nitro groups is 2. The summed E-state index contributed by atoms with van der Waals surface area (Å²) < 4.78 is 10.0. The summed E-state index contributed by atoms with van der Waals surface area (Å²) in [4.78, 5) is 32.3. The molecule has 0 amide bonds. The highest BCUT2D eigenvalue weighted by molar-refractivity contribution is 5.89. The van der Waals surface area contributed by atoms with Gasteiger partial charge >= 0.3 is 11.8 Å². The summed E-state index contributed by atoms with van der Waals surface area (Å²) >= 11 is 0. The molecular weight excluding hydrogens is 384 g/mol. The molecule has 156 valence electrons. The van der Waals surface area contributed by atoms with Crippen LogP contribution in [0, 0.1) is 32.1 Å². The van der Waals surface area contributed by atoms with E-state index in [1.165, 1.54) is 19.2 Å². The number of carbonyl (C=O) groups is 1. The first-order valence-corrected chi connectivity index (χ1v) is 9.40. The number of rotatable bonds is 5. The monoisotopic (exact) mass is 406 g/mol. The van der Waals surface area contributed by atoms with E-state index in [2.05, 4.69) is 15.3 Å². The first-order chi connectivity index (χ1) is 13.9. The number of fused-ring (bicyclic) bond motifs is 1. The van der Waals surface area contributed by atoms with Crippen molar-refractivity contribution in [3.8, 4) is 0 Å². The number of hydrogen-bond acceptors (Lipinski definition) is 9. The topological polar surface area (TPSA) is 146 Å². The van der Waals surface area contributed by atoms with Crippen molar-refractivity contribution in [3.63, 3.8) is 0 Å². The van der Waals surface area contributed by atoms with E-state index < -0.39 is 21.7 Å². The summed E-state index contributed by atoms with van der Waals surface area (Å²) in [5.74, 6) is 0.237. The third kappa shape index (κ3) is 4.61. The Bertz CT molecular complexity index is 841. The molecule has 11 nitrogen and oxygen atoms in total. The van der Waals surface area contributed by atoms with Crippen LogP contribution in [0.3, 0.4) is 0 Å². The lowest BCUT2D eigenvalue weighted by Crippen LogP contribution is -2.42. The van der Waals surface area contributed by atoms with Crippen LogP contribution in [0.5, 0.6) is 0 Å². The summed E-state index contributed by atoms with van der Waals surface area (Å²) in [6, 6.07) is 3.39. The maximum absolute atomic E-state index is 11.5. The van der Waals surface area contributed by atoms with Gasteiger partial charge in [-0.25, -0.2) is 4.79 Å². The minimum Gasteiger partial charge on any atom is -0.438 e. The molecule has 2 aliphatic rings. The van der Waals surface area contributed by atoms with Crippen molar-refractivity contribution in [3.05, 3.63) is 38.4 Å². The van der Waals surface area contributed by atoms with Gasteiger partial charge in [-0.3, -0.25) is 25.7 Å². The van der Waals surface area contributed by atoms with Gasteiger partial charge in [-0.15, -0.1) is 0 Å². The van der Waals surface area contributed by atoms with Crippen molar-refractivity contribution in [1.29, 1.82) is 0 Å². The van der Waals surface area contributed by atoms with Gasteiger partial charge in [-0.05, 0) is 31.7 Å². The van der Waals surface area contributed by atoms with Crippen LogP contribution in [0.4, 0.5) is 21.9 Å². The largest absolute Gasteiger partial charge is 0.508 e. The lowest BCUT2D eigenvalue weighted by molar-refractivity contribution is -0.393. The van der Waals surface area contributed by atoms with Crippen LogP contribution in [0.15, 0.2) is 23.3 Å². The number of carbonyl (C=O) groups excluding carboxylic acids is 1. The van der Waals surface area contributed by atoms with Gasteiger partial charge < -0.3 is 9.47 Å². The Morgan fingerprint density at radius 3 is 2.62 bits per heavy atom. The molecule has 0 aliphatic heterocycles. The number of hydrogen-bond donors (Lipinski definition) is 1. The minimum atomic E-state index is -0.695. The average molecular weight is 406 g/mol. The molecular formula is C18H22N4O7. The van der Waals surface area contributed by atoms with E-state index in [9.17, 15) is 25.0 Å². The Balaban J connectivity index is 1.79. The molecule has 0 bridgehead atoms. The van der Waals surface area contributed by atoms with Gasteiger partial charge in [-0.1, -0.05) is 12.8 Å². The summed E-state index contributed by atoms with van der Waals surface area (Å²) in [6.45, 7) is 0. The van der Waals surface area contributed by atoms with Gasteiger partial charge in [-0.2, -0.15) is 5.10 Å². The number of nitro benzene ring substituents is 2. The van der Waals surface area contributed by atoms with Crippen molar-refractivity contribution < 1.29 is 24.1 Å². The Hall–Kier alpha value is -3.24. The number of benzene rings is 1. The lowest BCUT2D eigenvalue weighted by Gasteiger charge is -2.41. The first kappa shape index (κ1) is 20.5. The van der Waals surface area contributed by atoms with Gasteiger partial charge in [0.25, 0.3) is 5.69 Å². The molecule has 0 spiro atoms. The molecule has 0 radical (unpaired) electrons. The highest BCUT2D eigenvalue weighted by Crippen LogP contribution is 2.41. The van der Waals surface area contributed by atoms with Crippen LogP contribution in [0.2, 0.25) is 0 Å². The fourth-order valence-corrected chi connectivity index (χ4v) is 4.18. The highest BCUT2D eigenvalue weighted by Gasteiger charge is 2.41. The molecule has 3 atom stereocenters. The van der Waals surface area contributed by atoms with Gasteiger partial charge in [0.1, 0.15) is 11.8 Å². The molecule has 0 unspecified atom stereocenters. The van der Waals surface area contributed by atoms with Crippen LogP contribution in [-0.2, 0) is 9.47 Å². The number of anilines is 1. The van der Waals surface area contributed by atoms with Crippen LogP contribution in [0.1, 0.15) is 38.5 Å².